The summed E-state index contributed by atoms with van der Waals surface area (Å²) in [4.78, 5) is 13.3. The molecule has 126 valence electrons. The molecule has 0 fully saturated rings. The predicted molar refractivity (Wildman–Crippen MR) is 95.6 cm³/mol. The second-order valence-corrected chi connectivity index (χ2v) is 5.40. The zero-order chi connectivity index (χ0) is 17.5. The summed E-state index contributed by atoms with van der Waals surface area (Å²) in [7, 11) is 1.90. The number of nitrogens with one attached hydrogen (secondary N) is 2. The molecule has 3 N–H and O–H groups in total. The quantitative estimate of drug-likeness (QED) is 0.719. The highest BCUT2D eigenvalue weighted by molar-refractivity contribution is 5.88. The minimum Gasteiger partial charge on any atom is -0.476 e. The number of hydrogen-bond acceptors (Lipinski definition) is 4. The number of rotatable bonds is 7. The first-order valence-electron chi connectivity index (χ1n) is 7.80. The second kappa shape index (κ2) is 8.17. The highest BCUT2D eigenvalue weighted by atomic mass is 16.4. The van der Waals surface area contributed by atoms with Crippen molar-refractivity contribution in [2.75, 3.05) is 7.05 Å². The Balaban J connectivity index is 2.28. The van der Waals surface area contributed by atoms with Crippen molar-refractivity contribution in [1.82, 2.24) is 15.5 Å². The number of carbonyl (C=O) groups is 1. The normalized spacial score (nSPS) is 14.6. The van der Waals surface area contributed by atoms with Gasteiger partial charge in [-0.2, -0.15) is 0 Å². The molecule has 1 aromatic rings. The molecule has 5 nitrogen and oxygen atoms in total. The van der Waals surface area contributed by atoms with E-state index in [2.05, 4.69) is 23.3 Å². The lowest BCUT2D eigenvalue weighted by Gasteiger charge is -2.27. The lowest BCUT2D eigenvalue weighted by atomic mass is 10.1. The summed E-state index contributed by atoms with van der Waals surface area (Å²) in [6, 6.07) is 8.07. The van der Waals surface area contributed by atoms with Crippen LogP contribution in [0.25, 0.3) is 0 Å². The maximum atomic E-state index is 11.7. The molecule has 1 aliphatic heterocycles. The molecule has 0 saturated heterocycles. The van der Waals surface area contributed by atoms with E-state index in [1.54, 1.807) is 29.3 Å². The van der Waals surface area contributed by atoms with Crippen molar-refractivity contribution < 1.29 is 9.90 Å². The number of nitrogens with zero attached hydrogens (tertiary/aromatic N) is 1. The van der Waals surface area contributed by atoms with Gasteiger partial charge in [0.15, 0.2) is 5.70 Å². The molecule has 1 heterocycles. The van der Waals surface area contributed by atoms with E-state index in [0.29, 0.717) is 17.9 Å². The first-order valence-corrected chi connectivity index (χ1v) is 7.80. The van der Waals surface area contributed by atoms with Gasteiger partial charge in [0.25, 0.3) is 0 Å². The van der Waals surface area contributed by atoms with Crippen LogP contribution in [-0.2, 0) is 17.9 Å². The molecule has 0 bridgehead atoms. The van der Waals surface area contributed by atoms with Crippen molar-refractivity contribution in [3.05, 3.63) is 83.5 Å². The van der Waals surface area contributed by atoms with Crippen molar-refractivity contribution in [2.24, 2.45) is 0 Å². The topological polar surface area (TPSA) is 64.6 Å². The number of carboxylic acid groups (broad SMARTS) is 1. The third-order valence-electron chi connectivity index (χ3n) is 3.70. The molecular formula is C19H23N3O2. The van der Waals surface area contributed by atoms with E-state index in [1.807, 2.05) is 32.2 Å². The van der Waals surface area contributed by atoms with E-state index in [4.69, 9.17) is 0 Å². The third kappa shape index (κ3) is 3.94. The Bertz CT molecular complexity index is 717. The Morgan fingerprint density at radius 2 is 1.92 bits per heavy atom. The Hall–Kier alpha value is -2.79. The van der Waals surface area contributed by atoms with Gasteiger partial charge in [-0.25, -0.2) is 4.79 Å². The van der Waals surface area contributed by atoms with Crippen molar-refractivity contribution in [2.45, 2.75) is 20.0 Å². The van der Waals surface area contributed by atoms with Crippen LogP contribution in [0.5, 0.6) is 0 Å². The SMILES string of the molecule is C=C1C=CC(NCc2ccccc2CNC)=C(C(=O)O)N1/C=C\C. The van der Waals surface area contributed by atoms with Crippen LogP contribution in [0.2, 0.25) is 0 Å². The first kappa shape index (κ1) is 17.6. The highest BCUT2D eigenvalue weighted by Crippen LogP contribution is 2.23. The molecular weight excluding hydrogens is 302 g/mol. The minimum absolute atomic E-state index is 0.173. The smallest absolute Gasteiger partial charge is 0.355 e. The average Bonchev–Trinajstić information content (AvgIpc) is 2.56. The maximum Gasteiger partial charge on any atom is 0.355 e. The van der Waals surface area contributed by atoms with Gasteiger partial charge in [0.1, 0.15) is 0 Å². The van der Waals surface area contributed by atoms with Gasteiger partial charge in [-0.05, 0) is 37.3 Å². The van der Waals surface area contributed by atoms with Gasteiger partial charge >= 0.3 is 5.97 Å². The fraction of sp³-hybridized carbons (Fsp3) is 0.211. The summed E-state index contributed by atoms with van der Waals surface area (Å²) >= 11 is 0. The number of aliphatic carboxylic acids is 1. The molecule has 5 heteroatoms. The summed E-state index contributed by atoms with van der Waals surface area (Å²) in [6.45, 7) is 7.04. The Morgan fingerprint density at radius 1 is 1.25 bits per heavy atom. The monoisotopic (exact) mass is 325 g/mol. The molecule has 2 rings (SSSR count). The van der Waals surface area contributed by atoms with Crippen LogP contribution in [-0.4, -0.2) is 23.0 Å². The zero-order valence-corrected chi connectivity index (χ0v) is 14.0. The van der Waals surface area contributed by atoms with Crippen LogP contribution in [0, 0.1) is 0 Å². The fourth-order valence-electron chi connectivity index (χ4n) is 2.58. The molecule has 0 unspecified atom stereocenters. The third-order valence-corrected chi connectivity index (χ3v) is 3.70. The molecule has 0 amide bonds. The standard InChI is InChI=1S/C19H23N3O2/c1-4-11-22-14(2)9-10-17(18(22)19(23)24)21-13-16-8-6-5-7-15(16)12-20-3/h4-11,20-21H,2,12-13H2,1,3H3,(H,23,24)/b11-4-. The molecule has 0 aromatic heterocycles. The molecule has 24 heavy (non-hydrogen) atoms. The predicted octanol–water partition coefficient (Wildman–Crippen LogP) is 2.71. The van der Waals surface area contributed by atoms with E-state index < -0.39 is 5.97 Å². The van der Waals surface area contributed by atoms with E-state index >= 15 is 0 Å². The molecule has 0 aliphatic carbocycles. The van der Waals surface area contributed by atoms with Gasteiger partial charge in [0.2, 0.25) is 0 Å². The van der Waals surface area contributed by atoms with Crippen molar-refractivity contribution >= 4 is 5.97 Å². The summed E-state index contributed by atoms with van der Waals surface area (Å²) in [6.07, 6.45) is 7.04. The summed E-state index contributed by atoms with van der Waals surface area (Å²) < 4.78 is 0. The van der Waals surface area contributed by atoms with Gasteiger partial charge in [-0.3, -0.25) is 0 Å². The van der Waals surface area contributed by atoms with Crippen LogP contribution in [0.1, 0.15) is 18.1 Å². The molecule has 0 spiro atoms. The highest BCUT2D eigenvalue weighted by Gasteiger charge is 2.23. The molecule has 0 atom stereocenters. The van der Waals surface area contributed by atoms with Crippen molar-refractivity contribution in [3.63, 3.8) is 0 Å². The van der Waals surface area contributed by atoms with Crippen LogP contribution >= 0.6 is 0 Å². The first-order chi connectivity index (χ1) is 11.6. The summed E-state index contributed by atoms with van der Waals surface area (Å²) in [5, 5.41) is 16.0. The zero-order valence-electron chi connectivity index (χ0n) is 14.0. The molecule has 0 saturated carbocycles. The number of allylic oxidation sites excluding steroid dienone is 3. The van der Waals surface area contributed by atoms with Crippen LogP contribution in [0.15, 0.2) is 72.4 Å². The summed E-state index contributed by atoms with van der Waals surface area (Å²) in [5.41, 5.74) is 3.66. The van der Waals surface area contributed by atoms with Gasteiger partial charge in [-0.1, -0.05) is 36.9 Å². The van der Waals surface area contributed by atoms with Crippen LogP contribution < -0.4 is 10.6 Å². The van der Waals surface area contributed by atoms with E-state index in [9.17, 15) is 9.90 Å². The average molecular weight is 325 g/mol. The van der Waals surface area contributed by atoms with Crippen molar-refractivity contribution in [3.8, 4) is 0 Å². The van der Waals surface area contributed by atoms with Gasteiger partial charge in [0.05, 0.1) is 5.70 Å². The van der Waals surface area contributed by atoms with E-state index in [1.165, 1.54) is 5.56 Å². The van der Waals surface area contributed by atoms with Crippen LogP contribution in [0.4, 0.5) is 0 Å². The lowest BCUT2D eigenvalue weighted by Crippen LogP contribution is -2.29. The van der Waals surface area contributed by atoms with Gasteiger partial charge in [0, 0.05) is 25.0 Å². The summed E-state index contributed by atoms with van der Waals surface area (Å²) in [5.74, 6) is -0.996. The van der Waals surface area contributed by atoms with Gasteiger partial charge in [-0.15, -0.1) is 0 Å². The number of carboxylic acids is 1. The Labute approximate surface area is 142 Å². The molecule has 1 aromatic carbocycles. The Morgan fingerprint density at radius 3 is 2.50 bits per heavy atom. The minimum atomic E-state index is -0.996. The lowest BCUT2D eigenvalue weighted by molar-refractivity contribution is -0.134. The van der Waals surface area contributed by atoms with Gasteiger partial charge < -0.3 is 20.6 Å². The number of benzene rings is 1. The van der Waals surface area contributed by atoms with Crippen LogP contribution in [0.3, 0.4) is 0 Å². The van der Waals surface area contributed by atoms with E-state index in [-0.39, 0.29) is 5.70 Å². The maximum absolute atomic E-state index is 11.7. The molecule has 0 radical (unpaired) electrons. The van der Waals surface area contributed by atoms with Crippen molar-refractivity contribution in [1.29, 1.82) is 0 Å². The Kier molecular flexibility index (Phi) is 5.98. The van der Waals surface area contributed by atoms with E-state index in [0.717, 1.165) is 12.1 Å². The number of hydrogen-bond donors (Lipinski definition) is 3. The largest absolute Gasteiger partial charge is 0.476 e. The second-order valence-electron chi connectivity index (χ2n) is 5.40. The molecule has 1 aliphatic rings. The fourth-order valence-corrected chi connectivity index (χ4v) is 2.58.